The number of rotatable bonds is 2. The minimum Gasteiger partial charge on any atom is -0.490 e. The standard InChI is InChI=1S/C14H19NO2S/c15-11-3-1-4-14(11)18-10-5-6-12-13(9-10)17-8-2-7-16-12/h5-6,9,11,14H,1-4,7-8,15H2. The molecule has 2 unspecified atom stereocenters. The first-order valence-electron chi connectivity index (χ1n) is 6.65. The fourth-order valence-corrected chi connectivity index (χ4v) is 3.76. The third-order valence-corrected chi connectivity index (χ3v) is 4.92. The Morgan fingerprint density at radius 2 is 1.89 bits per heavy atom. The highest BCUT2D eigenvalue weighted by Gasteiger charge is 2.25. The molecule has 1 heterocycles. The van der Waals surface area contributed by atoms with E-state index in [4.69, 9.17) is 15.2 Å². The summed E-state index contributed by atoms with van der Waals surface area (Å²) in [7, 11) is 0. The molecule has 3 rings (SSSR count). The molecule has 0 bridgehead atoms. The van der Waals surface area contributed by atoms with Crippen molar-refractivity contribution in [3.05, 3.63) is 18.2 Å². The van der Waals surface area contributed by atoms with Gasteiger partial charge in [-0.05, 0) is 31.0 Å². The summed E-state index contributed by atoms with van der Waals surface area (Å²) in [6.07, 6.45) is 4.58. The van der Waals surface area contributed by atoms with Gasteiger partial charge < -0.3 is 15.2 Å². The Morgan fingerprint density at radius 1 is 1.06 bits per heavy atom. The molecule has 0 amide bonds. The lowest BCUT2D eigenvalue weighted by Gasteiger charge is -2.15. The van der Waals surface area contributed by atoms with Crippen LogP contribution in [-0.4, -0.2) is 24.5 Å². The van der Waals surface area contributed by atoms with Crippen LogP contribution in [0.15, 0.2) is 23.1 Å². The van der Waals surface area contributed by atoms with Gasteiger partial charge in [-0.2, -0.15) is 0 Å². The molecule has 1 saturated carbocycles. The van der Waals surface area contributed by atoms with Gasteiger partial charge in [-0.25, -0.2) is 0 Å². The van der Waals surface area contributed by atoms with Crippen molar-refractivity contribution in [2.45, 2.75) is 41.9 Å². The lowest BCUT2D eigenvalue weighted by Crippen LogP contribution is -2.26. The maximum atomic E-state index is 6.11. The molecule has 1 aromatic carbocycles. The second-order valence-corrected chi connectivity index (χ2v) is 6.22. The van der Waals surface area contributed by atoms with E-state index in [1.54, 1.807) is 0 Å². The second-order valence-electron chi connectivity index (χ2n) is 4.91. The number of ether oxygens (including phenoxy) is 2. The summed E-state index contributed by atoms with van der Waals surface area (Å²) in [4.78, 5) is 1.24. The number of hydrogen-bond donors (Lipinski definition) is 1. The van der Waals surface area contributed by atoms with E-state index in [1.807, 2.05) is 17.8 Å². The SMILES string of the molecule is NC1CCCC1Sc1ccc2c(c1)OCCCO2. The minimum absolute atomic E-state index is 0.339. The van der Waals surface area contributed by atoms with E-state index in [2.05, 4.69) is 12.1 Å². The number of hydrogen-bond acceptors (Lipinski definition) is 4. The first-order chi connectivity index (χ1) is 8.83. The van der Waals surface area contributed by atoms with Gasteiger partial charge in [0, 0.05) is 22.6 Å². The zero-order chi connectivity index (χ0) is 12.4. The highest BCUT2D eigenvalue weighted by atomic mass is 32.2. The molecule has 2 aliphatic rings. The van der Waals surface area contributed by atoms with Crippen molar-refractivity contribution in [2.75, 3.05) is 13.2 Å². The summed E-state index contributed by atoms with van der Waals surface area (Å²) in [5, 5.41) is 0.551. The zero-order valence-electron chi connectivity index (χ0n) is 10.4. The number of thioether (sulfide) groups is 1. The molecule has 0 spiro atoms. The number of benzene rings is 1. The zero-order valence-corrected chi connectivity index (χ0v) is 11.2. The van der Waals surface area contributed by atoms with Gasteiger partial charge >= 0.3 is 0 Å². The summed E-state index contributed by atoms with van der Waals surface area (Å²) in [6, 6.07) is 6.56. The van der Waals surface area contributed by atoms with Crippen LogP contribution in [0.5, 0.6) is 11.5 Å². The van der Waals surface area contributed by atoms with E-state index in [-0.39, 0.29) is 0 Å². The van der Waals surface area contributed by atoms with Crippen molar-refractivity contribution in [3.63, 3.8) is 0 Å². The Hall–Kier alpha value is -0.870. The van der Waals surface area contributed by atoms with Gasteiger partial charge in [-0.1, -0.05) is 6.42 Å². The molecular weight excluding hydrogens is 246 g/mol. The van der Waals surface area contributed by atoms with Crippen molar-refractivity contribution < 1.29 is 9.47 Å². The summed E-state index contributed by atoms with van der Waals surface area (Å²) in [5.74, 6) is 1.75. The predicted molar refractivity (Wildman–Crippen MR) is 73.5 cm³/mol. The maximum Gasteiger partial charge on any atom is 0.162 e. The van der Waals surface area contributed by atoms with Crippen LogP contribution in [0.4, 0.5) is 0 Å². The van der Waals surface area contributed by atoms with E-state index < -0.39 is 0 Å². The quantitative estimate of drug-likeness (QED) is 0.893. The van der Waals surface area contributed by atoms with Crippen molar-refractivity contribution in [1.82, 2.24) is 0 Å². The van der Waals surface area contributed by atoms with Crippen LogP contribution >= 0.6 is 11.8 Å². The van der Waals surface area contributed by atoms with E-state index in [0.717, 1.165) is 37.6 Å². The highest BCUT2D eigenvalue weighted by molar-refractivity contribution is 8.00. The summed E-state index contributed by atoms with van der Waals surface area (Å²) < 4.78 is 11.3. The van der Waals surface area contributed by atoms with E-state index in [1.165, 1.54) is 17.7 Å². The molecule has 0 radical (unpaired) electrons. The second kappa shape index (κ2) is 5.41. The first kappa shape index (κ1) is 12.2. The molecule has 1 aliphatic carbocycles. The van der Waals surface area contributed by atoms with Gasteiger partial charge in [-0.15, -0.1) is 11.8 Å². The van der Waals surface area contributed by atoms with Crippen molar-refractivity contribution in [2.24, 2.45) is 5.73 Å². The topological polar surface area (TPSA) is 44.5 Å². The highest BCUT2D eigenvalue weighted by Crippen LogP contribution is 2.38. The van der Waals surface area contributed by atoms with Gasteiger partial charge in [-0.3, -0.25) is 0 Å². The average Bonchev–Trinajstić information content (AvgIpc) is 2.65. The largest absolute Gasteiger partial charge is 0.490 e. The van der Waals surface area contributed by atoms with Crippen LogP contribution in [0.25, 0.3) is 0 Å². The predicted octanol–water partition coefficient (Wildman–Crippen LogP) is 2.82. The summed E-state index contributed by atoms with van der Waals surface area (Å²) >= 11 is 1.88. The molecule has 3 nitrogen and oxygen atoms in total. The normalized spacial score (nSPS) is 26.9. The molecule has 18 heavy (non-hydrogen) atoms. The van der Waals surface area contributed by atoms with Crippen LogP contribution < -0.4 is 15.2 Å². The molecule has 2 atom stereocenters. The lowest BCUT2D eigenvalue weighted by atomic mass is 10.3. The third kappa shape index (κ3) is 2.59. The van der Waals surface area contributed by atoms with Gasteiger partial charge in [0.05, 0.1) is 13.2 Å². The van der Waals surface area contributed by atoms with E-state index in [0.29, 0.717) is 11.3 Å². The Bertz CT molecular complexity index is 424. The summed E-state index contributed by atoms with van der Waals surface area (Å²) in [5.41, 5.74) is 6.11. The van der Waals surface area contributed by atoms with E-state index >= 15 is 0 Å². The Balaban J connectivity index is 1.75. The van der Waals surface area contributed by atoms with Crippen LogP contribution in [0.2, 0.25) is 0 Å². The molecule has 4 heteroatoms. The van der Waals surface area contributed by atoms with Crippen LogP contribution in [-0.2, 0) is 0 Å². The maximum absolute atomic E-state index is 6.11. The van der Waals surface area contributed by atoms with Gasteiger partial charge in [0.1, 0.15) is 0 Å². The van der Waals surface area contributed by atoms with Crippen LogP contribution in [0.3, 0.4) is 0 Å². The van der Waals surface area contributed by atoms with Gasteiger partial charge in [0.25, 0.3) is 0 Å². The number of fused-ring (bicyclic) bond motifs is 1. The summed E-state index contributed by atoms with van der Waals surface area (Å²) in [6.45, 7) is 1.48. The fraction of sp³-hybridized carbons (Fsp3) is 0.571. The number of nitrogens with two attached hydrogens (primary N) is 1. The van der Waals surface area contributed by atoms with E-state index in [9.17, 15) is 0 Å². The molecular formula is C14H19NO2S. The smallest absolute Gasteiger partial charge is 0.162 e. The fourth-order valence-electron chi connectivity index (χ4n) is 2.49. The third-order valence-electron chi connectivity index (χ3n) is 3.51. The van der Waals surface area contributed by atoms with Crippen molar-refractivity contribution in [1.29, 1.82) is 0 Å². The van der Waals surface area contributed by atoms with Gasteiger partial charge in [0.15, 0.2) is 11.5 Å². The molecule has 1 aliphatic heterocycles. The van der Waals surface area contributed by atoms with Gasteiger partial charge in [0.2, 0.25) is 0 Å². The molecule has 1 aromatic rings. The Labute approximate surface area is 112 Å². The Morgan fingerprint density at radius 3 is 2.67 bits per heavy atom. The first-order valence-corrected chi connectivity index (χ1v) is 7.53. The van der Waals surface area contributed by atoms with Crippen molar-refractivity contribution in [3.8, 4) is 11.5 Å². The molecule has 1 fully saturated rings. The average molecular weight is 265 g/mol. The molecule has 2 N–H and O–H groups in total. The molecule has 0 aromatic heterocycles. The minimum atomic E-state index is 0.339. The monoisotopic (exact) mass is 265 g/mol. The molecule has 98 valence electrons. The lowest BCUT2D eigenvalue weighted by molar-refractivity contribution is 0.297. The van der Waals surface area contributed by atoms with Crippen molar-refractivity contribution >= 4 is 11.8 Å². The van der Waals surface area contributed by atoms with Crippen LogP contribution in [0, 0.1) is 0 Å². The Kier molecular flexibility index (Phi) is 3.66. The van der Waals surface area contributed by atoms with Crippen LogP contribution in [0.1, 0.15) is 25.7 Å². The molecule has 0 saturated heterocycles.